The summed E-state index contributed by atoms with van der Waals surface area (Å²) in [4.78, 5) is 38.0. The predicted molar refractivity (Wildman–Crippen MR) is 133 cm³/mol. The minimum Gasteiger partial charge on any atom is -0.356 e. The first-order valence-corrected chi connectivity index (χ1v) is 13.0. The first-order valence-electron chi connectivity index (χ1n) is 12.0. The summed E-state index contributed by atoms with van der Waals surface area (Å²) >= 11 is 1.30. The molecule has 0 bridgehead atoms. The Morgan fingerprint density at radius 3 is 2.65 bits per heavy atom. The molecule has 9 nitrogen and oxygen atoms in total. The number of hydrogen-bond donors (Lipinski definition) is 2. The third kappa shape index (κ3) is 5.60. The Labute approximate surface area is 202 Å². The number of fused-ring (bicyclic) bond motifs is 3. The molecule has 2 heterocycles. The molecule has 0 spiro atoms. The predicted octanol–water partition coefficient (Wildman–Crippen LogP) is 2.75. The number of aryl methyl sites for hydroxylation is 1. The molecule has 0 aliphatic heterocycles. The number of para-hydroxylation sites is 1. The summed E-state index contributed by atoms with van der Waals surface area (Å²) in [6, 6.07) is 7.53. The Morgan fingerprint density at radius 2 is 1.88 bits per heavy atom. The van der Waals surface area contributed by atoms with Gasteiger partial charge in [-0.3, -0.25) is 23.4 Å². The van der Waals surface area contributed by atoms with Gasteiger partial charge in [0.15, 0.2) is 5.16 Å². The van der Waals surface area contributed by atoms with E-state index in [0.717, 1.165) is 25.7 Å². The molecule has 10 heteroatoms. The molecular formula is C24H32N6O3S. The Morgan fingerprint density at radius 1 is 1.12 bits per heavy atom. The monoisotopic (exact) mass is 484 g/mol. The van der Waals surface area contributed by atoms with Crippen molar-refractivity contribution >= 4 is 40.3 Å². The van der Waals surface area contributed by atoms with Crippen molar-refractivity contribution in [1.29, 1.82) is 0 Å². The molecule has 1 aliphatic rings. The number of nitrogens with one attached hydrogen (secondary N) is 2. The Bertz CT molecular complexity index is 1230. The van der Waals surface area contributed by atoms with E-state index in [1.54, 1.807) is 10.5 Å². The van der Waals surface area contributed by atoms with Gasteiger partial charge >= 0.3 is 0 Å². The summed E-state index contributed by atoms with van der Waals surface area (Å²) in [6.07, 6.45) is 5.79. The number of carbonyl (C=O) groups excluding carboxylic acids is 2. The highest BCUT2D eigenvalue weighted by Gasteiger charge is 2.20. The molecule has 1 aromatic carbocycles. The maximum atomic E-state index is 13.2. The van der Waals surface area contributed by atoms with E-state index in [1.807, 2.05) is 32.0 Å². The molecule has 0 atom stereocenters. The van der Waals surface area contributed by atoms with Gasteiger partial charge in [0, 0.05) is 25.6 Å². The number of amides is 2. The normalized spacial score (nSPS) is 14.7. The number of carbonyl (C=O) groups is 2. The third-order valence-corrected chi connectivity index (χ3v) is 6.98. The van der Waals surface area contributed by atoms with Crippen LogP contribution in [0.25, 0.3) is 16.7 Å². The van der Waals surface area contributed by atoms with Gasteiger partial charge in [-0.15, -0.1) is 10.2 Å². The molecule has 2 N–H and O–H groups in total. The molecule has 2 aromatic heterocycles. The van der Waals surface area contributed by atoms with Gasteiger partial charge in [0.2, 0.25) is 17.6 Å². The minimum absolute atomic E-state index is 0.0203. The smallest absolute Gasteiger partial charge is 0.262 e. The summed E-state index contributed by atoms with van der Waals surface area (Å²) in [7, 11) is 0. The van der Waals surface area contributed by atoms with Gasteiger partial charge in [-0.1, -0.05) is 57.0 Å². The van der Waals surface area contributed by atoms with E-state index in [9.17, 15) is 14.4 Å². The van der Waals surface area contributed by atoms with E-state index in [-0.39, 0.29) is 42.1 Å². The summed E-state index contributed by atoms with van der Waals surface area (Å²) in [5, 5.41) is 15.6. The molecule has 34 heavy (non-hydrogen) atoms. The average molecular weight is 485 g/mol. The van der Waals surface area contributed by atoms with Crippen molar-refractivity contribution in [3.8, 4) is 0 Å². The molecule has 2 amide bonds. The molecule has 4 rings (SSSR count). The van der Waals surface area contributed by atoms with Gasteiger partial charge in [0.1, 0.15) is 0 Å². The highest BCUT2D eigenvalue weighted by Crippen LogP contribution is 2.22. The summed E-state index contributed by atoms with van der Waals surface area (Å²) in [5.74, 6) is 0.817. The van der Waals surface area contributed by atoms with Gasteiger partial charge < -0.3 is 10.6 Å². The van der Waals surface area contributed by atoms with Gasteiger partial charge in [-0.25, -0.2) is 0 Å². The third-order valence-electron chi connectivity index (χ3n) is 6.05. The standard InChI is InChI=1S/C24H32N6O3S/c1-16(2)14-25-20(31)12-13-29-22(33)18-10-6-7-11-19(18)30-23(29)27-28-24(30)34-15-21(32)26-17-8-4-3-5-9-17/h6-7,10-11,16-17H,3-5,8-9,12-15H2,1-2H3,(H,25,31)(H,26,32). The largest absolute Gasteiger partial charge is 0.356 e. The van der Waals surface area contributed by atoms with E-state index in [4.69, 9.17) is 0 Å². The molecule has 1 fully saturated rings. The van der Waals surface area contributed by atoms with E-state index >= 15 is 0 Å². The van der Waals surface area contributed by atoms with Crippen molar-refractivity contribution in [1.82, 2.24) is 29.8 Å². The second-order valence-corrected chi connectivity index (χ2v) is 10.2. The quantitative estimate of drug-likeness (QED) is 0.452. The highest BCUT2D eigenvalue weighted by atomic mass is 32.2. The Kier molecular flexibility index (Phi) is 7.87. The maximum absolute atomic E-state index is 13.2. The van der Waals surface area contributed by atoms with Crippen molar-refractivity contribution in [2.75, 3.05) is 12.3 Å². The van der Waals surface area contributed by atoms with Crippen LogP contribution in [-0.4, -0.2) is 49.3 Å². The Balaban J connectivity index is 1.56. The Hall–Kier alpha value is -2.88. The van der Waals surface area contributed by atoms with Gasteiger partial charge in [0.25, 0.3) is 5.56 Å². The van der Waals surface area contributed by atoms with Gasteiger partial charge in [0.05, 0.1) is 16.7 Å². The van der Waals surface area contributed by atoms with Crippen LogP contribution in [0.2, 0.25) is 0 Å². The first kappa shape index (κ1) is 24.3. The van der Waals surface area contributed by atoms with Gasteiger partial charge in [-0.2, -0.15) is 0 Å². The van der Waals surface area contributed by atoms with Crippen LogP contribution in [-0.2, 0) is 16.1 Å². The van der Waals surface area contributed by atoms with E-state index < -0.39 is 0 Å². The molecule has 182 valence electrons. The summed E-state index contributed by atoms with van der Waals surface area (Å²) in [6.45, 7) is 4.85. The van der Waals surface area contributed by atoms with E-state index in [1.165, 1.54) is 22.7 Å². The molecule has 0 saturated heterocycles. The number of thioether (sulfide) groups is 1. The molecule has 1 aliphatic carbocycles. The van der Waals surface area contributed by atoms with E-state index in [2.05, 4.69) is 20.8 Å². The second-order valence-electron chi connectivity index (χ2n) is 9.23. The first-order chi connectivity index (χ1) is 16.4. The second kappa shape index (κ2) is 11.0. The van der Waals surface area contributed by atoms with Crippen LogP contribution in [0.15, 0.2) is 34.2 Å². The summed E-state index contributed by atoms with van der Waals surface area (Å²) in [5.41, 5.74) is 0.474. The molecule has 3 aromatic rings. The minimum atomic E-state index is -0.209. The van der Waals surface area contributed by atoms with Crippen LogP contribution in [0.1, 0.15) is 52.4 Å². The fourth-order valence-electron chi connectivity index (χ4n) is 4.29. The number of rotatable bonds is 9. The van der Waals surface area contributed by atoms with Crippen molar-refractivity contribution in [2.45, 2.75) is 70.1 Å². The van der Waals surface area contributed by atoms with E-state index in [0.29, 0.717) is 34.3 Å². The van der Waals surface area contributed by atoms with Crippen molar-refractivity contribution < 1.29 is 9.59 Å². The fourth-order valence-corrected chi connectivity index (χ4v) is 5.05. The van der Waals surface area contributed by atoms with Crippen LogP contribution in [0, 0.1) is 5.92 Å². The summed E-state index contributed by atoms with van der Waals surface area (Å²) < 4.78 is 3.30. The molecule has 0 unspecified atom stereocenters. The lowest BCUT2D eigenvalue weighted by Gasteiger charge is -2.22. The lowest BCUT2D eigenvalue weighted by molar-refractivity contribution is -0.121. The zero-order chi connectivity index (χ0) is 24.1. The van der Waals surface area contributed by atoms with Crippen molar-refractivity contribution in [3.63, 3.8) is 0 Å². The molecule has 1 saturated carbocycles. The highest BCUT2D eigenvalue weighted by molar-refractivity contribution is 7.99. The lowest BCUT2D eigenvalue weighted by atomic mass is 9.95. The fraction of sp³-hybridized carbons (Fsp3) is 0.542. The number of benzene rings is 1. The SMILES string of the molecule is CC(C)CNC(=O)CCn1c(=O)c2ccccc2n2c(SCC(=O)NC3CCCCC3)nnc12. The van der Waals surface area contributed by atoms with Crippen LogP contribution in [0.5, 0.6) is 0 Å². The van der Waals surface area contributed by atoms with Crippen LogP contribution in [0.4, 0.5) is 0 Å². The average Bonchev–Trinajstić information content (AvgIpc) is 3.26. The van der Waals surface area contributed by atoms with Crippen molar-refractivity contribution in [2.24, 2.45) is 5.92 Å². The topological polar surface area (TPSA) is 110 Å². The van der Waals surface area contributed by atoms with Crippen LogP contribution >= 0.6 is 11.8 Å². The van der Waals surface area contributed by atoms with Crippen molar-refractivity contribution in [3.05, 3.63) is 34.6 Å². The maximum Gasteiger partial charge on any atom is 0.262 e. The number of hydrogen-bond acceptors (Lipinski definition) is 6. The number of nitrogens with zero attached hydrogens (tertiary/aromatic N) is 4. The zero-order valence-corrected chi connectivity index (χ0v) is 20.6. The van der Waals surface area contributed by atoms with Crippen LogP contribution in [0.3, 0.4) is 0 Å². The zero-order valence-electron chi connectivity index (χ0n) is 19.7. The molecular weight excluding hydrogens is 452 g/mol. The lowest BCUT2D eigenvalue weighted by Crippen LogP contribution is -2.37. The number of aromatic nitrogens is 4. The van der Waals surface area contributed by atoms with Crippen LogP contribution < -0.4 is 16.2 Å². The molecule has 0 radical (unpaired) electrons. The van der Waals surface area contributed by atoms with Gasteiger partial charge in [-0.05, 0) is 30.9 Å².